The van der Waals surface area contributed by atoms with Crippen molar-refractivity contribution in [1.29, 1.82) is 0 Å². The molecule has 3 heterocycles. The molecule has 1 fully saturated rings. The molecule has 2 aromatic carbocycles. The Hall–Kier alpha value is -2.50. The highest BCUT2D eigenvalue weighted by molar-refractivity contribution is 5.80. The van der Waals surface area contributed by atoms with E-state index in [-0.39, 0.29) is 0 Å². The van der Waals surface area contributed by atoms with E-state index in [2.05, 4.69) is 64.3 Å². The van der Waals surface area contributed by atoms with Gasteiger partial charge >= 0.3 is 0 Å². The van der Waals surface area contributed by atoms with Crippen LogP contribution in [-0.4, -0.2) is 56.9 Å². The third-order valence-electron chi connectivity index (χ3n) is 6.06. The Labute approximate surface area is 165 Å². The summed E-state index contributed by atoms with van der Waals surface area (Å²) in [5.74, 6) is 1.33. The first kappa shape index (κ1) is 17.6. The second-order valence-corrected chi connectivity index (χ2v) is 7.85. The van der Waals surface area contributed by atoms with Gasteiger partial charge in [-0.1, -0.05) is 24.3 Å². The summed E-state index contributed by atoms with van der Waals surface area (Å²) in [6.07, 6.45) is 0. The molecule has 0 bridgehead atoms. The van der Waals surface area contributed by atoms with Gasteiger partial charge in [0.2, 0.25) is 0 Å². The number of para-hydroxylation sites is 1. The lowest BCUT2D eigenvalue weighted by molar-refractivity contribution is 0.122. The Bertz CT molecular complexity index is 958. The van der Waals surface area contributed by atoms with Crippen molar-refractivity contribution in [2.24, 2.45) is 0 Å². The lowest BCUT2D eigenvalue weighted by Crippen LogP contribution is -2.37. The smallest absolute Gasteiger partial charge is 0.146 e. The molecule has 1 saturated heterocycles. The summed E-state index contributed by atoms with van der Waals surface area (Å²) < 4.78 is 11.5. The maximum atomic E-state index is 5.97. The van der Waals surface area contributed by atoms with E-state index < -0.39 is 0 Å². The molecule has 0 radical (unpaired) electrons. The second-order valence-electron chi connectivity index (χ2n) is 7.85. The number of benzene rings is 2. The van der Waals surface area contributed by atoms with E-state index in [1.807, 2.05) is 0 Å². The summed E-state index contributed by atoms with van der Waals surface area (Å²) in [4.78, 5) is 8.42. The number of ether oxygens (including phenoxy) is 2. The van der Waals surface area contributed by atoms with Crippen LogP contribution >= 0.6 is 0 Å². The van der Waals surface area contributed by atoms with Crippen LogP contribution in [0.25, 0.3) is 10.9 Å². The Morgan fingerprint density at radius 3 is 2.71 bits per heavy atom. The number of fused-ring (bicyclic) bond motifs is 2. The summed E-state index contributed by atoms with van der Waals surface area (Å²) in [5, 5.41) is 1.27. The van der Waals surface area contributed by atoms with Crippen LogP contribution in [0.3, 0.4) is 0 Å². The van der Waals surface area contributed by atoms with E-state index in [1.54, 1.807) is 7.11 Å². The molecule has 1 aromatic heterocycles. The van der Waals surface area contributed by atoms with Gasteiger partial charge in [-0.3, -0.25) is 0 Å². The largest absolute Gasteiger partial charge is 0.494 e. The maximum absolute atomic E-state index is 5.97. The quantitative estimate of drug-likeness (QED) is 0.757. The third kappa shape index (κ3) is 2.95. The van der Waals surface area contributed by atoms with Gasteiger partial charge in [0, 0.05) is 48.9 Å². The number of likely N-dealkylation sites (N-methyl/N-ethyl adjacent to an activating group) is 1. The SMILES string of the molecule is COc1c(N2CCOCC2)ccc2c1CN(C)CC2c1cc2ccccc2[nH]1. The number of aromatic nitrogens is 1. The fourth-order valence-corrected chi connectivity index (χ4v) is 4.70. The van der Waals surface area contributed by atoms with Crippen LogP contribution in [0.5, 0.6) is 5.75 Å². The van der Waals surface area contributed by atoms with E-state index in [0.717, 1.165) is 45.1 Å². The number of hydrogen-bond donors (Lipinski definition) is 1. The van der Waals surface area contributed by atoms with Crippen LogP contribution in [0.1, 0.15) is 22.7 Å². The molecular formula is C23H27N3O2. The fourth-order valence-electron chi connectivity index (χ4n) is 4.70. The molecule has 1 N–H and O–H groups in total. The van der Waals surface area contributed by atoms with E-state index in [4.69, 9.17) is 9.47 Å². The van der Waals surface area contributed by atoms with Gasteiger partial charge < -0.3 is 24.3 Å². The van der Waals surface area contributed by atoms with Crippen LogP contribution in [0.4, 0.5) is 5.69 Å². The lowest BCUT2D eigenvalue weighted by Gasteiger charge is -2.36. The van der Waals surface area contributed by atoms with Crippen molar-refractivity contribution in [3.05, 3.63) is 59.3 Å². The molecule has 5 rings (SSSR count). The van der Waals surface area contributed by atoms with Crippen molar-refractivity contribution in [1.82, 2.24) is 9.88 Å². The standard InChI is InChI=1S/C23H27N3O2/c1-25-14-18(21-13-16-5-3-4-6-20(16)24-21)17-7-8-22(23(27-2)19(17)15-25)26-9-11-28-12-10-26/h3-8,13,18,24H,9-12,14-15H2,1-2H3. The van der Waals surface area contributed by atoms with E-state index in [1.165, 1.54) is 33.4 Å². The Kier molecular flexibility index (Phi) is 4.49. The molecule has 1 unspecified atom stereocenters. The van der Waals surface area contributed by atoms with Crippen molar-refractivity contribution >= 4 is 16.6 Å². The predicted molar refractivity (Wildman–Crippen MR) is 113 cm³/mol. The molecule has 1 atom stereocenters. The number of nitrogens with zero attached hydrogens (tertiary/aromatic N) is 2. The lowest BCUT2D eigenvalue weighted by atomic mass is 9.86. The van der Waals surface area contributed by atoms with Crippen LogP contribution < -0.4 is 9.64 Å². The molecule has 146 valence electrons. The number of morpholine rings is 1. The second kappa shape index (κ2) is 7.15. The van der Waals surface area contributed by atoms with Gasteiger partial charge in [-0.2, -0.15) is 0 Å². The van der Waals surface area contributed by atoms with Gasteiger partial charge in [0.1, 0.15) is 5.75 Å². The van der Waals surface area contributed by atoms with E-state index in [9.17, 15) is 0 Å². The number of methoxy groups -OCH3 is 1. The zero-order valence-electron chi connectivity index (χ0n) is 16.6. The van der Waals surface area contributed by atoms with E-state index >= 15 is 0 Å². The highest BCUT2D eigenvalue weighted by Gasteiger charge is 2.30. The summed E-state index contributed by atoms with van der Waals surface area (Å²) in [5.41, 5.74) is 6.34. The molecule has 0 aliphatic carbocycles. The molecule has 0 spiro atoms. The summed E-state index contributed by atoms with van der Waals surface area (Å²) in [6, 6.07) is 15.3. The number of hydrogen-bond acceptors (Lipinski definition) is 4. The molecule has 5 nitrogen and oxygen atoms in total. The highest BCUT2D eigenvalue weighted by atomic mass is 16.5. The number of aromatic amines is 1. The van der Waals surface area contributed by atoms with Crippen molar-refractivity contribution < 1.29 is 9.47 Å². The Balaban J connectivity index is 1.60. The molecule has 28 heavy (non-hydrogen) atoms. The van der Waals surface area contributed by atoms with E-state index in [0.29, 0.717) is 5.92 Å². The minimum absolute atomic E-state index is 0.314. The number of anilines is 1. The molecule has 5 heteroatoms. The first-order chi connectivity index (χ1) is 13.7. The average molecular weight is 377 g/mol. The van der Waals surface area contributed by atoms with Crippen LogP contribution in [0.2, 0.25) is 0 Å². The zero-order valence-corrected chi connectivity index (χ0v) is 16.6. The Morgan fingerprint density at radius 2 is 1.93 bits per heavy atom. The summed E-state index contributed by atoms with van der Waals surface area (Å²) >= 11 is 0. The van der Waals surface area contributed by atoms with Crippen molar-refractivity contribution in [3.63, 3.8) is 0 Å². The first-order valence-corrected chi connectivity index (χ1v) is 10.0. The highest BCUT2D eigenvalue weighted by Crippen LogP contribution is 2.42. The minimum atomic E-state index is 0.314. The Morgan fingerprint density at radius 1 is 1.11 bits per heavy atom. The van der Waals surface area contributed by atoms with Crippen molar-refractivity contribution in [3.8, 4) is 5.75 Å². The predicted octanol–water partition coefficient (Wildman–Crippen LogP) is 3.59. The summed E-state index contributed by atoms with van der Waals surface area (Å²) in [7, 11) is 3.99. The third-order valence-corrected chi connectivity index (χ3v) is 6.06. The maximum Gasteiger partial charge on any atom is 0.146 e. The monoisotopic (exact) mass is 377 g/mol. The number of H-pyrrole nitrogens is 1. The molecular weight excluding hydrogens is 350 g/mol. The normalized spacial score (nSPS) is 20.4. The number of rotatable bonds is 3. The topological polar surface area (TPSA) is 40.7 Å². The van der Waals surface area contributed by atoms with Gasteiger partial charge in [0.25, 0.3) is 0 Å². The molecule has 0 amide bonds. The van der Waals surface area contributed by atoms with Crippen molar-refractivity contribution in [2.75, 3.05) is 51.9 Å². The van der Waals surface area contributed by atoms with Gasteiger partial charge in [0.15, 0.2) is 0 Å². The van der Waals surface area contributed by atoms with Crippen LogP contribution in [0.15, 0.2) is 42.5 Å². The molecule has 3 aromatic rings. The van der Waals surface area contributed by atoms with Gasteiger partial charge in [0.05, 0.1) is 26.0 Å². The van der Waals surface area contributed by atoms with Gasteiger partial charge in [-0.05, 0) is 36.2 Å². The number of nitrogens with one attached hydrogen (secondary N) is 1. The molecule has 0 saturated carbocycles. The van der Waals surface area contributed by atoms with Gasteiger partial charge in [-0.15, -0.1) is 0 Å². The zero-order chi connectivity index (χ0) is 19.1. The summed E-state index contributed by atoms with van der Waals surface area (Å²) in [6.45, 7) is 5.29. The minimum Gasteiger partial charge on any atom is -0.494 e. The van der Waals surface area contributed by atoms with Crippen molar-refractivity contribution in [2.45, 2.75) is 12.5 Å². The average Bonchev–Trinajstić information content (AvgIpc) is 3.17. The van der Waals surface area contributed by atoms with Gasteiger partial charge in [-0.25, -0.2) is 0 Å². The van der Waals surface area contributed by atoms with Crippen LogP contribution in [-0.2, 0) is 11.3 Å². The van der Waals surface area contributed by atoms with Crippen LogP contribution in [0, 0.1) is 0 Å². The first-order valence-electron chi connectivity index (χ1n) is 10.0. The molecule has 2 aliphatic rings. The fraction of sp³-hybridized carbons (Fsp3) is 0.391. The molecule has 2 aliphatic heterocycles.